The smallest absolute Gasteiger partial charge is 0.0594 e. The van der Waals surface area contributed by atoms with E-state index in [1.165, 1.54) is 6.42 Å². The molecule has 0 saturated carbocycles. The standard InChI is InChI=1S/C10H23NO/c1-5-6-11-7-8-12-10(4)9(2)3/h9-11H,5-8H2,1-4H3. The Bertz CT molecular complexity index is 93.8. The van der Waals surface area contributed by atoms with E-state index in [4.69, 9.17) is 4.74 Å². The fraction of sp³-hybridized carbons (Fsp3) is 1.00. The Morgan fingerprint density at radius 3 is 2.33 bits per heavy atom. The molecule has 1 atom stereocenters. The first-order valence-corrected chi connectivity index (χ1v) is 5.00. The van der Waals surface area contributed by atoms with Gasteiger partial charge in [0.25, 0.3) is 0 Å². The van der Waals surface area contributed by atoms with E-state index in [2.05, 4.69) is 33.0 Å². The summed E-state index contributed by atoms with van der Waals surface area (Å²) in [5, 5.41) is 3.30. The van der Waals surface area contributed by atoms with Crippen molar-refractivity contribution in [3.8, 4) is 0 Å². The molecular formula is C10H23NO. The first-order valence-electron chi connectivity index (χ1n) is 5.00. The fourth-order valence-corrected chi connectivity index (χ4v) is 0.811. The number of hydrogen-bond donors (Lipinski definition) is 1. The molecule has 0 aliphatic heterocycles. The van der Waals surface area contributed by atoms with Gasteiger partial charge >= 0.3 is 0 Å². The zero-order valence-corrected chi connectivity index (χ0v) is 8.89. The van der Waals surface area contributed by atoms with Crippen LogP contribution in [0.1, 0.15) is 34.1 Å². The van der Waals surface area contributed by atoms with Crippen molar-refractivity contribution in [3.63, 3.8) is 0 Å². The van der Waals surface area contributed by atoms with Crippen LogP contribution in [0.4, 0.5) is 0 Å². The summed E-state index contributed by atoms with van der Waals surface area (Å²) in [6, 6.07) is 0. The van der Waals surface area contributed by atoms with Crippen LogP contribution in [0.2, 0.25) is 0 Å². The Morgan fingerprint density at radius 2 is 1.83 bits per heavy atom. The van der Waals surface area contributed by atoms with E-state index >= 15 is 0 Å². The molecular weight excluding hydrogens is 150 g/mol. The van der Waals surface area contributed by atoms with Gasteiger partial charge in [0, 0.05) is 6.54 Å². The predicted molar refractivity (Wildman–Crippen MR) is 53.4 cm³/mol. The third-order valence-corrected chi connectivity index (χ3v) is 2.03. The van der Waals surface area contributed by atoms with Crippen molar-refractivity contribution in [1.82, 2.24) is 5.32 Å². The van der Waals surface area contributed by atoms with Crippen LogP contribution in [0.25, 0.3) is 0 Å². The summed E-state index contributed by atoms with van der Waals surface area (Å²) in [7, 11) is 0. The molecule has 0 saturated heterocycles. The lowest BCUT2D eigenvalue weighted by atomic mass is 10.1. The van der Waals surface area contributed by atoms with Crippen LogP contribution in [-0.4, -0.2) is 25.8 Å². The van der Waals surface area contributed by atoms with Crippen molar-refractivity contribution in [2.45, 2.75) is 40.2 Å². The van der Waals surface area contributed by atoms with Crippen molar-refractivity contribution in [1.29, 1.82) is 0 Å². The highest BCUT2D eigenvalue weighted by Gasteiger charge is 2.05. The van der Waals surface area contributed by atoms with Gasteiger partial charge in [0.1, 0.15) is 0 Å². The molecule has 0 amide bonds. The van der Waals surface area contributed by atoms with Gasteiger partial charge in [-0.05, 0) is 25.8 Å². The van der Waals surface area contributed by atoms with Gasteiger partial charge in [0.2, 0.25) is 0 Å². The van der Waals surface area contributed by atoms with Crippen molar-refractivity contribution in [3.05, 3.63) is 0 Å². The highest BCUT2D eigenvalue weighted by molar-refractivity contribution is 4.55. The van der Waals surface area contributed by atoms with Crippen molar-refractivity contribution >= 4 is 0 Å². The van der Waals surface area contributed by atoms with E-state index in [0.29, 0.717) is 12.0 Å². The lowest BCUT2D eigenvalue weighted by Gasteiger charge is -2.16. The highest BCUT2D eigenvalue weighted by Crippen LogP contribution is 2.03. The first-order chi connectivity index (χ1) is 5.68. The second-order valence-corrected chi connectivity index (χ2v) is 3.57. The molecule has 0 aliphatic carbocycles. The molecule has 0 heterocycles. The van der Waals surface area contributed by atoms with Gasteiger partial charge in [-0.2, -0.15) is 0 Å². The summed E-state index contributed by atoms with van der Waals surface area (Å²) in [5.41, 5.74) is 0. The molecule has 1 unspecified atom stereocenters. The molecule has 1 N–H and O–H groups in total. The zero-order valence-electron chi connectivity index (χ0n) is 8.89. The van der Waals surface area contributed by atoms with E-state index < -0.39 is 0 Å². The molecule has 12 heavy (non-hydrogen) atoms. The third-order valence-electron chi connectivity index (χ3n) is 2.03. The Kier molecular flexibility index (Phi) is 7.51. The maximum absolute atomic E-state index is 5.59. The van der Waals surface area contributed by atoms with E-state index in [1.807, 2.05) is 0 Å². The average molecular weight is 173 g/mol. The SMILES string of the molecule is CCCNCCOC(C)C(C)C. The monoisotopic (exact) mass is 173 g/mol. The van der Waals surface area contributed by atoms with Crippen LogP contribution in [0.3, 0.4) is 0 Å². The van der Waals surface area contributed by atoms with Gasteiger partial charge in [0.05, 0.1) is 12.7 Å². The van der Waals surface area contributed by atoms with Gasteiger partial charge in [-0.15, -0.1) is 0 Å². The highest BCUT2D eigenvalue weighted by atomic mass is 16.5. The molecule has 0 aromatic carbocycles. The maximum atomic E-state index is 5.59. The van der Waals surface area contributed by atoms with E-state index in [-0.39, 0.29) is 0 Å². The van der Waals surface area contributed by atoms with Crippen LogP contribution in [-0.2, 0) is 4.74 Å². The molecule has 0 fully saturated rings. The summed E-state index contributed by atoms with van der Waals surface area (Å²) < 4.78 is 5.59. The Balaban J connectivity index is 3.08. The molecule has 0 aromatic heterocycles. The van der Waals surface area contributed by atoms with Crippen LogP contribution < -0.4 is 5.32 Å². The second kappa shape index (κ2) is 7.56. The minimum Gasteiger partial charge on any atom is -0.377 e. The van der Waals surface area contributed by atoms with E-state index in [1.54, 1.807) is 0 Å². The Morgan fingerprint density at radius 1 is 1.17 bits per heavy atom. The number of hydrogen-bond acceptors (Lipinski definition) is 2. The lowest BCUT2D eigenvalue weighted by Crippen LogP contribution is -2.24. The first kappa shape index (κ1) is 11.9. The van der Waals surface area contributed by atoms with Crippen LogP contribution >= 0.6 is 0 Å². The molecule has 2 nitrogen and oxygen atoms in total. The topological polar surface area (TPSA) is 21.3 Å². The Hall–Kier alpha value is -0.0800. The summed E-state index contributed by atoms with van der Waals surface area (Å²) in [5.74, 6) is 0.621. The van der Waals surface area contributed by atoms with E-state index in [0.717, 1.165) is 19.7 Å². The summed E-state index contributed by atoms with van der Waals surface area (Å²) in [6.45, 7) is 11.6. The van der Waals surface area contributed by atoms with Crippen LogP contribution in [0.5, 0.6) is 0 Å². The van der Waals surface area contributed by atoms with Crippen LogP contribution in [0.15, 0.2) is 0 Å². The molecule has 0 bridgehead atoms. The normalized spacial score (nSPS) is 13.8. The van der Waals surface area contributed by atoms with E-state index in [9.17, 15) is 0 Å². The van der Waals surface area contributed by atoms with Gasteiger partial charge in [-0.1, -0.05) is 20.8 Å². The molecule has 2 heteroatoms. The molecule has 0 aromatic rings. The number of rotatable bonds is 7. The fourth-order valence-electron chi connectivity index (χ4n) is 0.811. The van der Waals surface area contributed by atoms with Gasteiger partial charge in [-0.3, -0.25) is 0 Å². The van der Waals surface area contributed by atoms with Crippen molar-refractivity contribution < 1.29 is 4.74 Å². The Labute approximate surface area is 76.7 Å². The average Bonchev–Trinajstić information content (AvgIpc) is 2.03. The number of ether oxygens (including phenoxy) is 1. The van der Waals surface area contributed by atoms with Gasteiger partial charge in [-0.25, -0.2) is 0 Å². The second-order valence-electron chi connectivity index (χ2n) is 3.57. The zero-order chi connectivity index (χ0) is 9.40. The summed E-state index contributed by atoms with van der Waals surface area (Å²) in [6.07, 6.45) is 1.58. The third kappa shape index (κ3) is 6.62. The molecule has 0 aliphatic rings. The van der Waals surface area contributed by atoms with Gasteiger partial charge < -0.3 is 10.1 Å². The maximum Gasteiger partial charge on any atom is 0.0594 e. The van der Waals surface area contributed by atoms with Crippen molar-refractivity contribution in [2.75, 3.05) is 19.7 Å². The minimum absolute atomic E-state index is 0.383. The lowest BCUT2D eigenvalue weighted by molar-refractivity contribution is 0.0375. The number of nitrogens with one attached hydrogen (secondary N) is 1. The molecule has 0 radical (unpaired) electrons. The molecule has 0 spiro atoms. The van der Waals surface area contributed by atoms with Gasteiger partial charge in [0.15, 0.2) is 0 Å². The predicted octanol–water partition coefficient (Wildman–Crippen LogP) is 2.05. The largest absolute Gasteiger partial charge is 0.377 e. The minimum atomic E-state index is 0.383. The molecule has 0 rings (SSSR count). The summed E-state index contributed by atoms with van der Waals surface area (Å²) >= 11 is 0. The van der Waals surface area contributed by atoms with Crippen LogP contribution in [0, 0.1) is 5.92 Å². The quantitative estimate of drug-likeness (QED) is 0.595. The molecule has 74 valence electrons. The summed E-state index contributed by atoms with van der Waals surface area (Å²) in [4.78, 5) is 0. The van der Waals surface area contributed by atoms with Crippen molar-refractivity contribution in [2.24, 2.45) is 5.92 Å².